The number of para-hydroxylation sites is 3. The molecule has 15 nitrogen and oxygen atoms in total. The minimum atomic E-state index is -1.23. The number of carbonyl (C=O) groups excluding carboxylic acids is 3. The molecule has 0 radical (unpaired) electrons. The van der Waals surface area contributed by atoms with E-state index < -0.39 is 40.9 Å². The molecule has 1 fully saturated rings. The number of carbonyl (C=O) groups is 4. The third kappa shape index (κ3) is 5.27. The zero-order chi connectivity index (χ0) is 30.2. The third-order valence-electron chi connectivity index (χ3n) is 6.93. The van der Waals surface area contributed by atoms with Crippen LogP contribution < -0.4 is 16.3 Å². The molecule has 0 spiro atoms. The van der Waals surface area contributed by atoms with Gasteiger partial charge in [-0.1, -0.05) is 42.1 Å². The molecule has 6 rings (SSSR count). The lowest BCUT2D eigenvalue weighted by Crippen LogP contribution is -2.70. The first-order chi connectivity index (χ1) is 20.7. The number of nitrogens with one attached hydrogen (secondary N) is 3. The summed E-state index contributed by atoms with van der Waals surface area (Å²) in [6.07, 6.45) is -0.171. The van der Waals surface area contributed by atoms with Gasteiger partial charge in [0.25, 0.3) is 5.91 Å². The molecule has 1 saturated heterocycles. The van der Waals surface area contributed by atoms with Crippen molar-refractivity contribution >= 4 is 64.1 Å². The van der Waals surface area contributed by atoms with Gasteiger partial charge in [0.1, 0.15) is 17.1 Å². The van der Waals surface area contributed by atoms with Crippen molar-refractivity contribution in [2.45, 2.75) is 23.0 Å². The van der Waals surface area contributed by atoms with Gasteiger partial charge in [-0.25, -0.2) is 23.6 Å². The van der Waals surface area contributed by atoms with Crippen molar-refractivity contribution < 1.29 is 24.3 Å². The van der Waals surface area contributed by atoms with E-state index in [0.29, 0.717) is 38.8 Å². The number of carboxylic acids is 1. The minimum Gasteiger partial charge on any atom is -0.477 e. The largest absolute Gasteiger partial charge is 0.477 e. The Labute approximate surface area is 250 Å². The molecule has 1 unspecified atom stereocenters. The molecular weight excluding hydrogens is 598 g/mol. The van der Waals surface area contributed by atoms with Crippen LogP contribution in [0.5, 0.6) is 0 Å². The number of nitrogens with zero attached hydrogens (tertiary/aromatic N) is 6. The highest BCUT2D eigenvalue weighted by molar-refractivity contribution is 8.01. The number of aromatic nitrogens is 6. The van der Waals surface area contributed by atoms with Gasteiger partial charge in [0, 0.05) is 24.2 Å². The maximum atomic E-state index is 13.1. The Kier molecular flexibility index (Phi) is 7.49. The van der Waals surface area contributed by atoms with E-state index in [-0.39, 0.29) is 17.9 Å². The van der Waals surface area contributed by atoms with Crippen LogP contribution >= 0.6 is 23.5 Å². The number of aryl methyl sites for hydroxylation is 1. The quantitative estimate of drug-likeness (QED) is 0.162. The van der Waals surface area contributed by atoms with E-state index in [0.717, 1.165) is 4.57 Å². The van der Waals surface area contributed by atoms with Gasteiger partial charge in [0.05, 0.1) is 17.5 Å². The molecule has 0 bridgehead atoms. The lowest BCUT2D eigenvalue weighted by atomic mass is 10.0. The van der Waals surface area contributed by atoms with Crippen LogP contribution in [0.2, 0.25) is 0 Å². The van der Waals surface area contributed by atoms with E-state index in [1.54, 1.807) is 55.6 Å². The number of fused-ring (bicyclic) bond motifs is 2. The molecule has 0 saturated carbocycles. The number of anilines is 1. The summed E-state index contributed by atoms with van der Waals surface area (Å²) in [7, 11) is 1.67. The van der Waals surface area contributed by atoms with Crippen LogP contribution in [0.4, 0.5) is 10.5 Å². The van der Waals surface area contributed by atoms with Crippen LogP contribution in [0.25, 0.3) is 11.0 Å². The summed E-state index contributed by atoms with van der Waals surface area (Å²) in [5.41, 5.74) is 1.55. The van der Waals surface area contributed by atoms with Gasteiger partial charge in [0.15, 0.2) is 0 Å². The first-order valence-electron chi connectivity index (χ1n) is 12.9. The predicted molar refractivity (Wildman–Crippen MR) is 156 cm³/mol. The smallest absolute Gasteiger partial charge is 0.352 e. The molecular formula is C26H23N9O6S2. The number of amides is 3. The Morgan fingerprint density at radius 3 is 2.67 bits per heavy atom. The van der Waals surface area contributed by atoms with Gasteiger partial charge in [-0.15, -0.1) is 16.9 Å². The first-order valence-corrected chi connectivity index (χ1v) is 14.9. The maximum Gasteiger partial charge on any atom is 0.352 e. The zero-order valence-electron chi connectivity index (χ0n) is 22.4. The van der Waals surface area contributed by atoms with Gasteiger partial charge < -0.3 is 20.7 Å². The van der Waals surface area contributed by atoms with Crippen molar-refractivity contribution in [2.24, 2.45) is 7.05 Å². The predicted octanol–water partition coefficient (Wildman–Crippen LogP) is 1.01. The van der Waals surface area contributed by atoms with E-state index in [9.17, 15) is 29.1 Å². The number of β-lactam (4-membered cyclic amide) rings is 1. The molecule has 3 amide bonds. The van der Waals surface area contributed by atoms with Crippen molar-refractivity contribution in [3.05, 3.63) is 75.8 Å². The number of carboxylic acid groups (broad SMARTS) is 1. The van der Waals surface area contributed by atoms with Crippen molar-refractivity contribution in [3.8, 4) is 0 Å². The zero-order valence-corrected chi connectivity index (χ0v) is 24.0. The highest BCUT2D eigenvalue weighted by Crippen LogP contribution is 2.41. The normalized spacial score (nSPS) is 17.9. The van der Waals surface area contributed by atoms with Gasteiger partial charge in [0.2, 0.25) is 11.1 Å². The average molecular weight is 622 g/mol. The molecule has 2 aliphatic rings. The molecule has 4 N–H and O–H groups in total. The van der Waals surface area contributed by atoms with E-state index in [1.165, 1.54) is 33.1 Å². The molecule has 2 aromatic carbocycles. The fourth-order valence-corrected chi connectivity index (χ4v) is 7.25. The Morgan fingerprint density at radius 1 is 1.14 bits per heavy atom. The lowest BCUT2D eigenvalue weighted by molar-refractivity contribution is -0.150. The Bertz CT molecular complexity index is 1880. The minimum absolute atomic E-state index is 0.0949. The van der Waals surface area contributed by atoms with E-state index in [1.807, 2.05) is 0 Å². The number of aromatic amines is 1. The summed E-state index contributed by atoms with van der Waals surface area (Å²) in [4.78, 5) is 67.6. The van der Waals surface area contributed by atoms with Gasteiger partial charge in [-0.05, 0) is 39.8 Å². The molecule has 2 aliphatic heterocycles. The van der Waals surface area contributed by atoms with Crippen molar-refractivity contribution in [1.82, 2.24) is 40.0 Å². The van der Waals surface area contributed by atoms with Crippen LogP contribution in [-0.4, -0.2) is 86.5 Å². The maximum absolute atomic E-state index is 13.1. The van der Waals surface area contributed by atoms with Crippen LogP contribution in [0.3, 0.4) is 0 Å². The van der Waals surface area contributed by atoms with Crippen LogP contribution in [0, 0.1) is 0 Å². The number of benzene rings is 2. The van der Waals surface area contributed by atoms with Gasteiger partial charge >= 0.3 is 17.7 Å². The van der Waals surface area contributed by atoms with Crippen molar-refractivity contribution in [2.75, 3.05) is 16.8 Å². The molecule has 220 valence electrons. The number of H-pyrrole nitrogens is 1. The summed E-state index contributed by atoms with van der Waals surface area (Å²) < 4.78 is 2.44. The van der Waals surface area contributed by atoms with Crippen LogP contribution in [-0.2, 0) is 27.9 Å². The highest BCUT2D eigenvalue weighted by atomic mass is 32.2. The summed E-state index contributed by atoms with van der Waals surface area (Å²) in [6.45, 7) is 0. The molecule has 17 heteroatoms. The van der Waals surface area contributed by atoms with E-state index >= 15 is 0 Å². The van der Waals surface area contributed by atoms with Gasteiger partial charge in [-0.2, -0.15) is 0 Å². The second-order valence-corrected chi connectivity index (χ2v) is 11.7. The molecule has 43 heavy (non-hydrogen) atoms. The summed E-state index contributed by atoms with van der Waals surface area (Å²) >= 11 is 2.62. The fraction of sp³-hybridized carbons (Fsp3) is 0.231. The number of hydrogen-bond acceptors (Lipinski definition) is 10. The molecule has 2 atom stereocenters. The monoisotopic (exact) mass is 621 g/mol. The molecule has 2 aromatic heterocycles. The van der Waals surface area contributed by atoms with Crippen molar-refractivity contribution in [3.63, 3.8) is 0 Å². The summed E-state index contributed by atoms with van der Waals surface area (Å²) in [5, 5.41) is 26.5. The van der Waals surface area contributed by atoms with E-state index in [4.69, 9.17) is 0 Å². The SMILES string of the molecule is Cn1nnnc1SCC1=C(C(=O)O)N2C(=O)C(NC(=O)Cc3ccccc3NC(=O)n3c(=O)[nH]c4ccccc43)[C@H]2SC1. The molecule has 4 heterocycles. The highest BCUT2D eigenvalue weighted by Gasteiger charge is 2.54. The number of aliphatic carboxylic acids is 1. The molecule has 4 aromatic rings. The average Bonchev–Trinajstić information content (AvgIpc) is 3.56. The number of tetrazole rings is 1. The number of thioether (sulfide) groups is 2. The third-order valence-corrected chi connectivity index (χ3v) is 9.36. The number of rotatable bonds is 8. The standard InChI is InChI=1S/C26H23N9O6S2/c1-33-26(30-31-32-33)43-12-14-11-42-22-19(21(37)35(22)20(14)23(38)39)29-18(36)10-13-6-2-3-7-15(13)27-24(40)34-17-9-5-4-8-16(17)28-25(34)41/h2-9,19,22H,10-12H2,1H3,(H,27,40)(H,28,41)(H,29,36)(H,38,39)/t19?,22-/m1/s1. The van der Waals surface area contributed by atoms with Crippen molar-refractivity contribution in [1.29, 1.82) is 0 Å². The second-order valence-electron chi connectivity index (χ2n) is 9.63. The Balaban J connectivity index is 1.13. The van der Waals surface area contributed by atoms with Crippen LogP contribution in [0.1, 0.15) is 5.56 Å². The lowest BCUT2D eigenvalue weighted by Gasteiger charge is -2.49. The fourth-order valence-electron chi connectivity index (χ4n) is 4.91. The Morgan fingerprint density at radius 2 is 1.91 bits per heavy atom. The Hall–Kier alpha value is -4.90. The summed E-state index contributed by atoms with van der Waals surface area (Å²) in [6, 6.07) is 11.8. The topological polar surface area (TPSA) is 197 Å². The van der Waals surface area contributed by atoms with Gasteiger partial charge in [-0.3, -0.25) is 14.5 Å². The number of imidazole rings is 1. The number of hydrogen-bond donors (Lipinski definition) is 4. The molecule has 0 aliphatic carbocycles. The summed E-state index contributed by atoms with van der Waals surface area (Å²) in [5.74, 6) is -1.60. The van der Waals surface area contributed by atoms with E-state index in [2.05, 4.69) is 31.1 Å². The second kappa shape index (κ2) is 11.4. The first kappa shape index (κ1) is 28.2. The van der Waals surface area contributed by atoms with Crippen LogP contribution in [0.15, 0.2) is 69.8 Å².